The second-order valence-electron chi connectivity index (χ2n) is 27.6. The first-order valence-electron chi connectivity index (χ1n) is 40.0. The fourth-order valence-corrected chi connectivity index (χ4v) is 11.1. The maximum atomic E-state index is 13.0. The van der Waals surface area contributed by atoms with E-state index in [2.05, 4.69) is 160 Å². The van der Waals surface area contributed by atoms with Crippen LogP contribution < -0.4 is 5.11 Å². The van der Waals surface area contributed by atoms with Gasteiger partial charge in [0.1, 0.15) is 13.2 Å². The lowest BCUT2D eigenvalue weighted by Gasteiger charge is -2.26. The smallest absolute Gasteiger partial charge is 0.306 e. The predicted molar refractivity (Wildman–Crippen MR) is 416 cm³/mol. The van der Waals surface area contributed by atoms with Crippen molar-refractivity contribution in [3.8, 4) is 0 Å². The van der Waals surface area contributed by atoms with Crippen molar-refractivity contribution in [3.63, 3.8) is 0 Å². The standard InChI is InChI=1S/C88H149NO8/c1-6-8-10-12-14-16-18-20-22-24-26-28-30-32-34-36-38-40-41-42-43-44-45-47-48-50-52-54-56-58-60-62-64-66-68-70-72-74-76-78-85(90)95-82-84(83-96-88(87(92)93)94-81-80-89(3,4)5)97-86(91)79-77-75-73-71-69-67-65-63-61-59-57-55-53-51-49-46-39-37-35-33-31-29-27-25-23-21-19-17-15-13-11-9-7-2/h8-11,14-17,20-23,26-29,33,35,39,46,51,53,57,59,84,88H,6-7,12-13,18-19,24-25,30-32,34,36-38,40-45,47-50,52,54-56,58,60-83H2,1-5H3/b10-8-,11-9-,16-14-,17-15-,22-20-,23-21-,28-26-,29-27-,35-33-,46-39-,53-51-,59-57-. The molecule has 0 fully saturated rings. The lowest BCUT2D eigenvalue weighted by atomic mass is 10.0. The molecule has 0 aromatic rings. The SMILES string of the molecule is CC/C=C\C/C=C\C/C=C\C/C=C\C/C=C\C/C=C\C/C=C\C/C=C\CCCCCCCCCCC(=O)OC(COC(=O)CCCCCCCCCCCCCCCCCCCCCCCCCCCC/C=C\C/C=C\C/C=C\C/C=C\CC)COC(OCC[N+](C)(C)C)C(=O)[O-]. The summed E-state index contributed by atoms with van der Waals surface area (Å²) in [7, 11) is 5.93. The van der Waals surface area contributed by atoms with Crippen LogP contribution in [0.1, 0.15) is 335 Å². The summed E-state index contributed by atoms with van der Waals surface area (Å²) in [5, 5.41) is 11.9. The predicted octanol–water partition coefficient (Wildman–Crippen LogP) is 24.5. The van der Waals surface area contributed by atoms with E-state index in [0.29, 0.717) is 17.4 Å². The van der Waals surface area contributed by atoms with E-state index in [1.54, 1.807) is 0 Å². The van der Waals surface area contributed by atoms with Gasteiger partial charge in [0.2, 0.25) is 0 Å². The number of carbonyl (C=O) groups excluding carboxylic acids is 3. The Kier molecular flexibility index (Phi) is 73.1. The molecule has 0 radical (unpaired) electrons. The van der Waals surface area contributed by atoms with Crippen LogP contribution in [0.3, 0.4) is 0 Å². The number of aliphatic carboxylic acids is 1. The zero-order chi connectivity index (χ0) is 70.4. The number of hydrogen-bond donors (Lipinski definition) is 0. The van der Waals surface area contributed by atoms with E-state index in [9.17, 15) is 19.5 Å². The molecule has 9 heteroatoms. The molecule has 9 nitrogen and oxygen atoms in total. The second kappa shape index (κ2) is 76.9. The first-order valence-corrected chi connectivity index (χ1v) is 40.0. The maximum Gasteiger partial charge on any atom is 0.306 e. The van der Waals surface area contributed by atoms with Gasteiger partial charge in [-0.25, -0.2) is 0 Å². The quantitative estimate of drug-likeness (QED) is 0.0195. The van der Waals surface area contributed by atoms with Gasteiger partial charge in [-0.15, -0.1) is 0 Å². The number of hydrogen-bond acceptors (Lipinski definition) is 8. The van der Waals surface area contributed by atoms with E-state index in [4.69, 9.17) is 18.9 Å². The maximum absolute atomic E-state index is 13.0. The molecule has 0 aliphatic heterocycles. The van der Waals surface area contributed by atoms with Gasteiger partial charge < -0.3 is 33.3 Å². The third-order valence-corrected chi connectivity index (χ3v) is 17.1. The first kappa shape index (κ1) is 92.2. The molecular formula is C88H149NO8. The highest BCUT2D eigenvalue weighted by molar-refractivity contribution is 5.70. The molecule has 0 aromatic carbocycles. The Balaban J connectivity index is 4.04. The lowest BCUT2D eigenvalue weighted by molar-refractivity contribution is -0.870. The van der Waals surface area contributed by atoms with Crippen molar-refractivity contribution in [3.05, 3.63) is 146 Å². The highest BCUT2D eigenvalue weighted by Crippen LogP contribution is 2.18. The van der Waals surface area contributed by atoms with Crippen molar-refractivity contribution in [2.75, 3.05) is 47.5 Å². The van der Waals surface area contributed by atoms with E-state index in [0.717, 1.165) is 122 Å². The summed E-state index contributed by atoms with van der Waals surface area (Å²) in [5.74, 6) is -2.29. The number of quaternary nitrogens is 1. The highest BCUT2D eigenvalue weighted by Gasteiger charge is 2.22. The molecular weight excluding hydrogens is 1200 g/mol. The van der Waals surface area contributed by atoms with Crippen LogP contribution in [0.15, 0.2) is 146 Å². The first-order chi connectivity index (χ1) is 47.6. The number of rotatable bonds is 73. The zero-order valence-corrected chi connectivity index (χ0v) is 63.4. The van der Waals surface area contributed by atoms with E-state index in [1.165, 1.54) is 180 Å². The fraction of sp³-hybridized carbons (Fsp3) is 0.693. The van der Waals surface area contributed by atoms with Gasteiger partial charge in [-0.1, -0.05) is 352 Å². The van der Waals surface area contributed by atoms with Crippen molar-refractivity contribution in [2.24, 2.45) is 0 Å². The van der Waals surface area contributed by atoms with E-state index >= 15 is 0 Å². The van der Waals surface area contributed by atoms with Crippen molar-refractivity contribution < 1.29 is 42.9 Å². The summed E-state index contributed by atoms with van der Waals surface area (Å²) in [6.07, 6.45) is 110. The number of allylic oxidation sites excluding steroid dienone is 24. The third kappa shape index (κ3) is 78.4. The number of unbranched alkanes of at least 4 members (excludes halogenated alkanes) is 34. The number of carboxylic acid groups (broad SMARTS) is 1. The zero-order valence-electron chi connectivity index (χ0n) is 63.4. The van der Waals surface area contributed by atoms with Gasteiger partial charge in [0.05, 0.1) is 40.3 Å². The number of likely N-dealkylation sites (N-methyl/N-ethyl adjacent to an activating group) is 1. The molecule has 0 rings (SSSR count). The second-order valence-corrected chi connectivity index (χ2v) is 27.6. The molecule has 0 aromatic heterocycles. The van der Waals surface area contributed by atoms with Crippen molar-refractivity contribution in [1.82, 2.24) is 0 Å². The largest absolute Gasteiger partial charge is 0.545 e. The van der Waals surface area contributed by atoms with E-state index < -0.39 is 24.3 Å². The van der Waals surface area contributed by atoms with Gasteiger partial charge in [0.15, 0.2) is 12.4 Å². The average Bonchev–Trinajstić information content (AvgIpc) is 2.59. The molecule has 0 saturated heterocycles. The normalized spacial score (nSPS) is 13.5. The van der Waals surface area contributed by atoms with Crippen LogP contribution in [-0.2, 0) is 33.3 Å². The monoisotopic (exact) mass is 1350 g/mol. The number of nitrogens with zero attached hydrogens (tertiary/aromatic N) is 1. The number of carbonyl (C=O) groups is 3. The van der Waals surface area contributed by atoms with Crippen molar-refractivity contribution in [1.29, 1.82) is 0 Å². The van der Waals surface area contributed by atoms with Crippen molar-refractivity contribution in [2.45, 2.75) is 347 Å². The van der Waals surface area contributed by atoms with Gasteiger partial charge in [0, 0.05) is 12.8 Å². The Morgan fingerprint density at radius 3 is 0.825 bits per heavy atom. The summed E-state index contributed by atoms with van der Waals surface area (Å²) in [6.45, 7) is 4.53. The Labute approximate surface area is 598 Å². The Hall–Kier alpha value is -4.83. The molecule has 0 amide bonds. The summed E-state index contributed by atoms with van der Waals surface area (Å²) in [5.41, 5.74) is 0. The minimum Gasteiger partial charge on any atom is -0.545 e. The molecule has 0 N–H and O–H groups in total. The molecule has 0 saturated carbocycles. The lowest BCUT2D eigenvalue weighted by Crippen LogP contribution is -2.44. The van der Waals surface area contributed by atoms with Gasteiger partial charge in [-0.05, 0) is 116 Å². The van der Waals surface area contributed by atoms with E-state index in [-0.39, 0.29) is 38.6 Å². The van der Waals surface area contributed by atoms with Gasteiger partial charge in [-0.3, -0.25) is 9.59 Å². The van der Waals surface area contributed by atoms with Gasteiger partial charge in [-0.2, -0.15) is 0 Å². The molecule has 554 valence electrons. The van der Waals surface area contributed by atoms with E-state index in [1.807, 2.05) is 21.1 Å². The number of carboxylic acids is 1. The Morgan fingerprint density at radius 2 is 0.557 bits per heavy atom. The molecule has 0 spiro atoms. The van der Waals surface area contributed by atoms with Crippen LogP contribution in [0.5, 0.6) is 0 Å². The number of esters is 2. The summed E-state index contributed by atoms with van der Waals surface area (Å²) >= 11 is 0. The van der Waals surface area contributed by atoms with Gasteiger partial charge in [0.25, 0.3) is 0 Å². The topological polar surface area (TPSA) is 111 Å². The van der Waals surface area contributed by atoms with Gasteiger partial charge >= 0.3 is 11.9 Å². The average molecular weight is 1350 g/mol. The van der Waals surface area contributed by atoms with Crippen LogP contribution in [0.25, 0.3) is 0 Å². The van der Waals surface area contributed by atoms with Crippen LogP contribution in [0.4, 0.5) is 0 Å². The van der Waals surface area contributed by atoms with Crippen LogP contribution >= 0.6 is 0 Å². The molecule has 2 unspecified atom stereocenters. The highest BCUT2D eigenvalue weighted by atomic mass is 16.7. The number of ether oxygens (including phenoxy) is 4. The minimum atomic E-state index is -1.63. The fourth-order valence-electron chi connectivity index (χ4n) is 11.1. The molecule has 2 atom stereocenters. The van der Waals surface area contributed by atoms with Crippen LogP contribution in [0, 0.1) is 0 Å². The molecule has 0 aliphatic rings. The van der Waals surface area contributed by atoms with Crippen LogP contribution in [-0.4, -0.2) is 82.3 Å². The molecule has 0 aliphatic carbocycles. The molecule has 0 bridgehead atoms. The Morgan fingerprint density at radius 1 is 0.309 bits per heavy atom. The summed E-state index contributed by atoms with van der Waals surface area (Å²) in [6, 6.07) is 0. The third-order valence-electron chi connectivity index (χ3n) is 17.1. The summed E-state index contributed by atoms with van der Waals surface area (Å²) in [4.78, 5) is 37.6. The van der Waals surface area contributed by atoms with Crippen LogP contribution in [0.2, 0.25) is 0 Å². The van der Waals surface area contributed by atoms with Crippen molar-refractivity contribution >= 4 is 17.9 Å². The molecule has 0 heterocycles. The summed E-state index contributed by atoms with van der Waals surface area (Å²) < 4.78 is 22.8. The Bertz CT molecular complexity index is 2110. The minimum absolute atomic E-state index is 0.141. The molecule has 97 heavy (non-hydrogen) atoms.